The standard InChI is InChI=1S/3C14H22.C2H3F3.CH3NO2/c3*1-13(2,3)11-9-7-8-10-12(11)14(4,5)6;1-2(3,4)5;1-2(3)4/h3*7-10H,1-6H3;1H3;1H3. The lowest BCUT2D eigenvalue weighted by Crippen LogP contribution is -2.21. The molecule has 0 amide bonds. The summed E-state index contributed by atoms with van der Waals surface area (Å²) < 4.78 is 31.1. The van der Waals surface area contributed by atoms with E-state index in [1.165, 1.54) is 33.4 Å². The minimum Gasteiger partial charge on any atom is -0.265 e. The molecule has 0 saturated carbocycles. The van der Waals surface area contributed by atoms with E-state index >= 15 is 0 Å². The molecule has 0 radical (unpaired) electrons. The van der Waals surface area contributed by atoms with E-state index in [2.05, 4.69) is 197 Å². The van der Waals surface area contributed by atoms with Crippen molar-refractivity contribution in [2.24, 2.45) is 0 Å². The van der Waals surface area contributed by atoms with Crippen molar-refractivity contribution < 1.29 is 18.1 Å². The van der Waals surface area contributed by atoms with Crippen molar-refractivity contribution in [1.29, 1.82) is 0 Å². The molecule has 0 aliphatic heterocycles. The van der Waals surface area contributed by atoms with Gasteiger partial charge in [0.15, 0.2) is 7.05 Å². The van der Waals surface area contributed by atoms with Gasteiger partial charge in [0.2, 0.25) is 0 Å². The molecule has 0 unspecified atom stereocenters. The number of halogens is 3. The number of alkyl halides is 3. The molecule has 0 aliphatic carbocycles. The molecule has 0 saturated heterocycles. The van der Waals surface area contributed by atoms with E-state index < -0.39 is 11.1 Å². The first kappa shape index (κ1) is 50.0. The normalized spacial score (nSPS) is 12.4. The van der Waals surface area contributed by atoms with Crippen LogP contribution in [0, 0.1) is 10.1 Å². The van der Waals surface area contributed by atoms with Gasteiger partial charge in [0.25, 0.3) is 0 Å². The van der Waals surface area contributed by atoms with E-state index in [4.69, 9.17) is 10.1 Å². The second kappa shape index (κ2) is 19.1. The Morgan fingerprint density at radius 1 is 0.373 bits per heavy atom. The summed E-state index contributed by atoms with van der Waals surface area (Å²) in [4.78, 5) is 8.31. The summed E-state index contributed by atoms with van der Waals surface area (Å²) in [6.07, 6.45) is -4.00. The van der Waals surface area contributed by atoms with Crippen molar-refractivity contribution in [2.45, 2.75) is 170 Å². The third-order valence-corrected chi connectivity index (χ3v) is 7.63. The number of rotatable bonds is 0. The minimum absolute atomic E-state index is 0.188. The Morgan fingerprint density at radius 3 is 0.510 bits per heavy atom. The van der Waals surface area contributed by atoms with Crippen LogP contribution in [0.3, 0.4) is 0 Å². The maximum absolute atomic E-state index is 10.4. The fourth-order valence-corrected chi connectivity index (χ4v) is 5.37. The Kier molecular flexibility index (Phi) is 18.7. The summed E-state index contributed by atoms with van der Waals surface area (Å²) >= 11 is 0. The third-order valence-electron chi connectivity index (χ3n) is 7.63. The van der Waals surface area contributed by atoms with Crippen LogP contribution in [0.25, 0.3) is 0 Å². The molecule has 0 N–H and O–H groups in total. The van der Waals surface area contributed by atoms with Crippen LogP contribution in [0.15, 0.2) is 72.8 Å². The van der Waals surface area contributed by atoms with Crippen molar-refractivity contribution >= 4 is 0 Å². The highest BCUT2D eigenvalue weighted by Crippen LogP contribution is 2.35. The van der Waals surface area contributed by atoms with Gasteiger partial charge in [-0.1, -0.05) is 197 Å². The fourth-order valence-electron chi connectivity index (χ4n) is 5.37. The monoisotopic (exact) mass is 716 g/mol. The van der Waals surface area contributed by atoms with Gasteiger partial charge in [0.05, 0.1) is 0 Å². The van der Waals surface area contributed by atoms with Gasteiger partial charge in [0.1, 0.15) is 0 Å². The lowest BCUT2D eigenvalue weighted by molar-refractivity contribution is -0.445. The largest absolute Gasteiger partial charge is 0.386 e. The lowest BCUT2D eigenvalue weighted by Gasteiger charge is -2.29. The predicted octanol–water partition coefficient (Wildman–Crippen LogP) is 14.3. The summed E-state index contributed by atoms with van der Waals surface area (Å²) in [7, 11) is 0.889. The van der Waals surface area contributed by atoms with Crippen molar-refractivity contribution in [3.05, 3.63) is 116 Å². The maximum Gasteiger partial charge on any atom is 0.386 e. The highest BCUT2D eigenvalue weighted by molar-refractivity contribution is 5.39. The molecule has 290 valence electrons. The first-order chi connectivity index (χ1) is 22.4. The average molecular weight is 716 g/mol. The smallest absolute Gasteiger partial charge is 0.265 e. The Balaban J connectivity index is 0. The van der Waals surface area contributed by atoms with Crippen LogP contribution in [0.4, 0.5) is 13.2 Å². The zero-order valence-electron chi connectivity index (χ0n) is 35.8. The van der Waals surface area contributed by atoms with E-state index in [0.29, 0.717) is 0 Å². The van der Waals surface area contributed by atoms with Crippen LogP contribution in [0.2, 0.25) is 0 Å². The van der Waals surface area contributed by atoms with Gasteiger partial charge in [-0.2, -0.15) is 13.2 Å². The molecule has 0 spiro atoms. The molecule has 6 heteroatoms. The topological polar surface area (TPSA) is 43.1 Å². The number of nitro groups is 1. The van der Waals surface area contributed by atoms with Gasteiger partial charge >= 0.3 is 6.18 Å². The van der Waals surface area contributed by atoms with Crippen molar-refractivity contribution in [3.63, 3.8) is 0 Å². The van der Waals surface area contributed by atoms with Crippen molar-refractivity contribution in [1.82, 2.24) is 0 Å². The van der Waals surface area contributed by atoms with Crippen molar-refractivity contribution in [2.75, 3.05) is 7.05 Å². The van der Waals surface area contributed by atoms with E-state index in [1.54, 1.807) is 0 Å². The van der Waals surface area contributed by atoms with E-state index in [0.717, 1.165) is 7.05 Å². The average Bonchev–Trinajstić information content (AvgIpc) is 2.90. The lowest BCUT2D eigenvalue weighted by atomic mass is 9.75. The molecule has 3 nitrogen and oxygen atoms in total. The van der Waals surface area contributed by atoms with Crippen LogP contribution in [-0.4, -0.2) is 18.1 Å². The third kappa shape index (κ3) is 21.7. The SMILES string of the molecule is CC(C)(C)c1ccccc1C(C)(C)C.CC(C)(C)c1ccccc1C(C)(C)C.CC(C)(C)c1ccccc1C(C)(C)C.CC(F)(F)F.C[N+](=O)[O-]. The van der Waals surface area contributed by atoms with E-state index in [-0.39, 0.29) is 39.4 Å². The second-order valence-corrected chi connectivity index (χ2v) is 19.4. The van der Waals surface area contributed by atoms with Crippen LogP contribution >= 0.6 is 0 Å². The van der Waals surface area contributed by atoms with Crippen molar-refractivity contribution in [3.8, 4) is 0 Å². The van der Waals surface area contributed by atoms with Gasteiger partial charge in [-0.3, -0.25) is 10.1 Å². The Bertz CT molecular complexity index is 1190. The molecule has 0 aromatic heterocycles. The van der Waals surface area contributed by atoms with Crippen LogP contribution in [-0.2, 0) is 32.5 Å². The zero-order chi connectivity index (χ0) is 41.0. The minimum atomic E-state index is -4.00. The first-order valence-corrected chi connectivity index (χ1v) is 17.9. The van der Waals surface area contributed by atoms with Gasteiger partial charge < -0.3 is 0 Å². The summed E-state index contributed by atoms with van der Waals surface area (Å²) in [5.41, 5.74) is 10.2. The molecule has 51 heavy (non-hydrogen) atoms. The molecule has 0 bridgehead atoms. The van der Waals surface area contributed by atoms with Crippen LogP contribution < -0.4 is 0 Å². The molecule has 0 heterocycles. The fraction of sp³-hybridized carbons (Fsp3) is 0.600. The summed E-state index contributed by atoms with van der Waals surface area (Å²) in [6.45, 7) is 41.1. The summed E-state index contributed by atoms with van der Waals surface area (Å²) in [5, 5.41) is 8.81. The number of hydrogen-bond acceptors (Lipinski definition) is 2. The molecule has 3 rings (SSSR count). The highest BCUT2D eigenvalue weighted by Gasteiger charge is 2.26. The second-order valence-electron chi connectivity index (χ2n) is 19.4. The quantitative estimate of drug-likeness (QED) is 0.172. The maximum atomic E-state index is 10.4. The predicted molar refractivity (Wildman–Crippen MR) is 216 cm³/mol. The molecule has 0 aliphatic rings. The van der Waals surface area contributed by atoms with Gasteiger partial charge in [0, 0.05) is 11.8 Å². The number of benzene rings is 3. The van der Waals surface area contributed by atoms with Gasteiger partial charge in [-0.15, -0.1) is 0 Å². The Hall–Kier alpha value is -3.15. The van der Waals surface area contributed by atoms with Crippen LogP contribution in [0.5, 0.6) is 0 Å². The number of nitrogens with zero attached hydrogens (tertiary/aromatic N) is 1. The van der Waals surface area contributed by atoms with Crippen LogP contribution in [0.1, 0.15) is 165 Å². The number of hydrogen-bond donors (Lipinski definition) is 0. The molecular formula is C45H72F3NO2. The van der Waals surface area contributed by atoms with Gasteiger partial charge in [-0.25, -0.2) is 0 Å². The molecular weight excluding hydrogens is 643 g/mol. The molecule has 3 aromatic carbocycles. The molecule has 0 atom stereocenters. The zero-order valence-corrected chi connectivity index (χ0v) is 35.8. The van der Waals surface area contributed by atoms with E-state index in [1.807, 2.05) is 0 Å². The molecule has 3 aromatic rings. The van der Waals surface area contributed by atoms with Gasteiger partial charge in [-0.05, 0) is 65.9 Å². The molecule has 0 fully saturated rings. The Labute approximate surface area is 311 Å². The summed E-state index contributed by atoms with van der Waals surface area (Å²) in [6, 6.07) is 26.3. The Morgan fingerprint density at radius 2 is 0.451 bits per heavy atom. The first-order valence-electron chi connectivity index (χ1n) is 17.9. The summed E-state index contributed by atoms with van der Waals surface area (Å²) in [5.74, 6) is 0. The highest BCUT2D eigenvalue weighted by atomic mass is 19.4. The van der Waals surface area contributed by atoms with E-state index in [9.17, 15) is 13.2 Å².